The third-order valence-corrected chi connectivity index (χ3v) is 4.90. The molecule has 0 saturated carbocycles. The molecule has 0 spiro atoms. The van der Waals surface area contributed by atoms with Crippen LogP contribution in [0.15, 0.2) is 54.9 Å². The molecule has 2 aromatic carbocycles. The van der Waals surface area contributed by atoms with Gasteiger partial charge in [0.1, 0.15) is 5.82 Å². The highest BCUT2D eigenvalue weighted by Crippen LogP contribution is 2.36. The second kappa shape index (κ2) is 8.61. The molecule has 0 radical (unpaired) electrons. The van der Waals surface area contributed by atoms with Gasteiger partial charge in [-0.25, -0.2) is 9.50 Å². The molecule has 0 amide bonds. The van der Waals surface area contributed by atoms with E-state index < -0.39 is 0 Å². The SMILES string of the molecule is COCc1cc(Nc2ccn3ncc(-c4ccc(Cl)cc4)c3n2)cc(OC)c1OC. The van der Waals surface area contributed by atoms with Crippen LogP contribution in [0.4, 0.5) is 11.5 Å². The van der Waals surface area contributed by atoms with Crippen LogP contribution in [0.1, 0.15) is 5.56 Å². The third kappa shape index (κ3) is 3.90. The molecule has 4 aromatic rings. The van der Waals surface area contributed by atoms with E-state index in [1.165, 1.54) is 0 Å². The maximum absolute atomic E-state index is 6.01. The van der Waals surface area contributed by atoms with Crippen molar-refractivity contribution in [1.82, 2.24) is 14.6 Å². The lowest BCUT2D eigenvalue weighted by Gasteiger charge is -2.15. The van der Waals surface area contributed by atoms with Gasteiger partial charge in [0, 0.05) is 41.2 Å². The first-order valence-corrected chi connectivity index (χ1v) is 9.62. The summed E-state index contributed by atoms with van der Waals surface area (Å²) in [6, 6.07) is 13.3. The van der Waals surface area contributed by atoms with Crippen LogP contribution in [0, 0.1) is 0 Å². The average Bonchev–Trinajstić information content (AvgIpc) is 3.17. The zero-order valence-electron chi connectivity index (χ0n) is 16.8. The lowest BCUT2D eigenvalue weighted by atomic mass is 10.1. The molecule has 154 valence electrons. The second-order valence-electron chi connectivity index (χ2n) is 6.57. The van der Waals surface area contributed by atoms with Gasteiger partial charge in [0.2, 0.25) is 0 Å². The molecule has 2 aromatic heterocycles. The topological polar surface area (TPSA) is 69.9 Å². The molecule has 4 rings (SSSR count). The van der Waals surface area contributed by atoms with Crippen LogP contribution >= 0.6 is 11.6 Å². The Labute approximate surface area is 179 Å². The molecule has 0 atom stereocenters. The van der Waals surface area contributed by atoms with Gasteiger partial charge in [-0.3, -0.25) is 0 Å². The largest absolute Gasteiger partial charge is 0.493 e. The van der Waals surface area contributed by atoms with E-state index in [1.54, 1.807) is 32.0 Å². The van der Waals surface area contributed by atoms with Crippen molar-refractivity contribution in [3.63, 3.8) is 0 Å². The third-order valence-electron chi connectivity index (χ3n) is 4.65. The molecule has 2 heterocycles. The van der Waals surface area contributed by atoms with Gasteiger partial charge >= 0.3 is 0 Å². The molecule has 0 fully saturated rings. The Balaban J connectivity index is 1.71. The first kappa shape index (κ1) is 20.0. The number of hydrogen-bond donors (Lipinski definition) is 1. The summed E-state index contributed by atoms with van der Waals surface area (Å²) in [7, 11) is 4.85. The number of benzene rings is 2. The van der Waals surface area contributed by atoms with Gasteiger partial charge in [0.05, 0.1) is 27.0 Å². The number of anilines is 2. The fraction of sp³-hybridized carbons (Fsp3) is 0.182. The number of aromatic nitrogens is 3. The molecule has 0 aliphatic carbocycles. The predicted octanol–water partition coefficient (Wildman–Crippen LogP) is 4.96. The van der Waals surface area contributed by atoms with Crippen molar-refractivity contribution in [2.45, 2.75) is 6.61 Å². The van der Waals surface area contributed by atoms with Gasteiger partial charge < -0.3 is 19.5 Å². The summed E-state index contributed by atoms with van der Waals surface area (Å²) in [5.74, 6) is 1.93. The van der Waals surface area contributed by atoms with Crippen molar-refractivity contribution >= 4 is 28.8 Å². The molecule has 0 saturated heterocycles. The molecule has 1 N–H and O–H groups in total. The molecule has 7 nitrogen and oxygen atoms in total. The summed E-state index contributed by atoms with van der Waals surface area (Å²) in [5.41, 5.74) is 4.33. The zero-order chi connectivity index (χ0) is 21.1. The van der Waals surface area contributed by atoms with E-state index in [0.29, 0.717) is 28.9 Å². The van der Waals surface area contributed by atoms with Crippen LogP contribution in [0.25, 0.3) is 16.8 Å². The van der Waals surface area contributed by atoms with Crippen molar-refractivity contribution < 1.29 is 14.2 Å². The fourth-order valence-electron chi connectivity index (χ4n) is 3.30. The van der Waals surface area contributed by atoms with E-state index in [2.05, 4.69) is 10.4 Å². The number of fused-ring (bicyclic) bond motifs is 1. The number of halogens is 1. The summed E-state index contributed by atoms with van der Waals surface area (Å²) < 4.78 is 18.0. The zero-order valence-corrected chi connectivity index (χ0v) is 17.6. The van der Waals surface area contributed by atoms with Crippen LogP contribution in [-0.2, 0) is 11.3 Å². The number of methoxy groups -OCH3 is 3. The first-order valence-electron chi connectivity index (χ1n) is 9.24. The quantitative estimate of drug-likeness (QED) is 0.452. The Morgan fingerprint density at radius 2 is 1.83 bits per heavy atom. The Hall–Kier alpha value is -3.29. The Bertz CT molecular complexity index is 1180. The molecule has 0 aliphatic rings. The highest BCUT2D eigenvalue weighted by molar-refractivity contribution is 6.30. The number of ether oxygens (including phenoxy) is 3. The van der Waals surface area contributed by atoms with E-state index >= 15 is 0 Å². The summed E-state index contributed by atoms with van der Waals surface area (Å²) in [6.45, 7) is 0.394. The van der Waals surface area contributed by atoms with Crippen LogP contribution in [0.5, 0.6) is 11.5 Å². The lowest BCUT2D eigenvalue weighted by molar-refractivity contribution is 0.181. The predicted molar refractivity (Wildman–Crippen MR) is 117 cm³/mol. The van der Waals surface area contributed by atoms with E-state index in [-0.39, 0.29) is 0 Å². The standard InChI is InChI=1S/C22H21ClN4O3/c1-28-13-15-10-17(11-19(29-2)21(15)30-3)25-20-8-9-27-22(26-20)18(12-24-27)14-4-6-16(23)7-5-14/h4-12H,13H2,1-3H3,(H,25,26). The van der Waals surface area contributed by atoms with Gasteiger partial charge in [-0.15, -0.1) is 0 Å². The van der Waals surface area contributed by atoms with Crippen molar-refractivity contribution in [3.05, 3.63) is 65.4 Å². The normalized spacial score (nSPS) is 10.9. The van der Waals surface area contributed by atoms with Crippen molar-refractivity contribution in [2.75, 3.05) is 26.6 Å². The average molecular weight is 425 g/mol. The van der Waals surface area contributed by atoms with E-state index in [0.717, 1.165) is 28.0 Å². The van der Waals surface area contributed by atoms with Crippen LogP contribution in [0.2, 0.25) is 5.02 Å². The molecular weight excluding hydrogens is 404 g/mol. The van der Waals surface area contributed by atoms with Gasteiger partial charge in [0.15, 0.2) is 17.1 Å². The van der Waals surface area contributed by atoms with E-state index in [1.807, 2.05) is 48.7 Å². The summed E-state index contributed by atoms with van der Waals surface area (Å²) >= 11 is 6.01. The van der Waals surface area contributed by atoms with E-state index in [9.17, 15) is 0 Å². The molecular formula is C22H21ClN4O3. The summed E-state index contributed by atoms with van der Waals surface area (Å²) in [6.07, 6.45) is 3.66. The molecule has 0 unspecified atom stereocenters. The number of rotatable bonds is 7. The molecule has 30 heavy (non-hydrogen) atoms. The molecule has 0 bridgehead atoms. The minimum absolute atomic E-state index is 0.394. The van der Waals surface area contributed by atoms with Crippen molar-refractivity contribution in [1.29, 1.82) is 0 Å². The minimum atomic E-state index is 0.394. The van der Waals surface area contributed by atoms with Crippen molar-refractivity contribution in [2.24, 2.45) is 0 Å². The van der Waals surface area contributed by atoms with E-state index in [4.69, 9.17) is 30.8 Å². The minimum Gasteiger partial charge on any atom is -0.493 e. The van der Waals surface area contributed by atoms with Gasteiger partial charge in [-0.2, -0.15) is 5.10 Å². The Kier molecular flexibility index (Phi) is 5.74. The molecule has 8 heteroatoms. The van der Waals surface area contributed by atoms with Gasteiger partial charge in [-0.05, 0) is 29.8 Å². The monoisotopic (exact) mass is 424 g/mol. The smallest absolute Gasteiger partial charge is 0.166 e. The molecule has 0 aliphatic heterocycles. The number of hydrogen-bond acceptors (Lipinski definition) is 6. The number of nitrogens with zero attached hydrogens (tertiary/aromatic N) is 3. The Morgan fingerprint density at radius 3 is 2.53 bits per heavy atom. The van der Waals surface area contributed by atoms with Crippen LogP contribution in [-0.4, -0.2) is 35.9 Å². The summed E-state index contributed by atoms with van der Waals surface area (Å²) in [4.78, 5) is 4.76. The first-order chi connectivity index (χ1) is 14.6. The second-order valence-corrected chi connectivity index (χ2v) is 7.01. The number of nitrogens with one attached hydrogen (secondary N) is 1. The lowest BCUT2D eigenvalue weighted by Crippen LogP contribution is -2.02. The highest BCUT2D eigenvalue weighted by Gasteiger charge is 2.14. The highest BCUT2D eigenvalue weighted by atomic mass is 35.5. The van der Waals surface area contributed by atoms with Crippen LogP contribution < -0.4 is 14.8 Å². The van der Waals surface area contributed by atoms with Gasteiger partial charge in [-0.1, -0.05) is 23.7 Å². The van der Waals surface area contributed by atoms with Crippen molar-refractivity contribution in [3.8, 4) is 22.6 Å². The van der Waals surface area contributed by atoms with Gasteiger partial charge in [0.25, 0.3) is 0 Å². The summed E-state index contributed by atoms with van der Waals surface area (Å²) in [5, 5.41) is 8.41. The Morgan fingerprint density at radius 1 is 1.03 bits per heavy atom. The maximum Gasteiger partial charge on any atom is 0.166 e. The fourth-order valence-corrected chi connectivity index (χ4v) is 3.42. The maximum atomic E-state index is 6.01. The van der Waals surface area contributed by atoms with Crippen LogP contribution in [0.3, 0.4) is 0 Å².